The first kappa shape index (κ1) is 25.0. The lowest BCUT2D eigenvalue weighted by atomic mass is 10.2. The molecule has 2 rings (SSSR count). The molecule has 2 N–H and O–H groups in total. The highest BCUT2D eigenvalue weighted by molar-refractivity contribution is 14.0. The average Bonchev–Trinajstić information content (AvgIpc) is 3.14. The number of aliphatic imine (C=N–C) groups is 1. The maximum atomic E-state index is 4.79. The number of benzene rings is 1. The summed E-state index contributed by atoms with van der Waals surface area (Å²) in [6.45, 7) is 16.1. The van der Waals surface area contributed by atoms with Gasteiger partial charge in [0.1, 0.15) is 0 Å². The van der Waals surface area contributed by atoms with Crippen LogP contribution in [-0.2, 0) is 0 Å². The van der Waals surface area contributed by atoms with Crippen molar-refractivity contribution >= 4 is 35.6 Å². The number of hydrogen-bond acceptors (Lipinski definition) is 3. The molecule has 0 radical (unpaired) electrons. The van der Waals surface area contributed by atoms with Crippen molar-refractivity contribution in [2.24, 2.45) is 4.99 Å². The van der Waals surface area contributed by atoms with Gasteiger partial charge in [-0.3, -0.25) is 4.99 Å². The number of halogens is 1. The lowest BCUT2D eigenvalue weighted by Crippen LogP contribution is -2.44. The minimum atomic E-state index is 0. The molecule has 1 atom stereocenters. The highest BCUT2D eigenvalue weighted by Gasteiger charge is 2.23. The zero-order valence-electron chi connectivity index (χ0n) is 18.2. The Bertz CT molecular complexity index is 557. The van der Waals surface area contributed by atoms with Crippen molar-refractivity contribution in [1.82, 2.24) is 15.5 Å². The quantitative estimate of drug-likeness (QED) is 0.221. The van der Waals surface area contributed by atoms with Crippen molar-refractivity contribution in [3.63, 3.8) is 0 Å². The Balaban J connectivity index is 0.00000392. The largest absolute Gasteiger partial charge is 0.369 e. The summed E-state index contributed by atoms with van der Waals surface area (Å²) in [5, 5.41) is 7.04. The zero-order chi connectivity index (χ0) is 19.5. The molecule has 0 bridgehead atoms. The molecule has 1 heterocycles. The molecule has 1 unspecified atom stereocenters. The van der Waals surface area contributed by atoms with Crippen LogP contribution < -0.4 is 15.5 Å². The third kappa shape index (κ3) is 8.55. The van der Waals surface area contributed by atoms with Gasteiger partial charge in [-0.1, -0.05) is 31.5 Å². The normalized spacial score (nSPS) is 17.0. The number of rotatable bonds is 10. The molecular weight excluding hydrogens is 461 g/mol. The molecular formula is C22H40IN5. The Morgan fingerprint density at radius 1 is 1.14 bits per heavy atom. The number of hydrogen-bond donors (Lipinski definition) is 2. The van der Waals surface area contributed by atoms with E-state index in [1.165, 1.54) is 24.2 Å². The van der Waals surface area contributed by atoms with Crippen LogP contribution in [0.4, 0.5) is 5.69 Å². The molecule has 6 heteroatoms. The van der Waals surface area contributed by atoms with Crippen LogP contribution in [0, 0.1) is 6.92 Å². The summed E-state index contributed by atoms with van der Waals surface area (Å²) in [5.74, 6) is 0.969. The highest BCUT2D eigenvalue weighted by Crippen LogP contribution is 2.20. The average molecular weight is 502 g/mol. The van der Waals surface area contributed by atoms with E-state index in [0.717, 1.165) is 58.1 Å². The minimum absolute atomic E-state index is 0. The lowest BCUT2D eigenvalue weighted by molar-refractivity contribution is 0.297. The Hall–Kier alpha value is -1.02. The maximum Gasteiger partial charge on any atom is 0.191 e. The van der Waals surface area contributed by atoms with Gasteiger partial charge in [0.2, 0.25) is 0 Å². The van der Waals surface area contributed by atoms with Gasteiger partial charge in [-0.2, -0.15) is 0 Å². The van der Waals surface area contributed by atoms with Crippen molar-refractivity contribution in [3.8, 4) is 0 Å². The van der Waals surface area contributed by atoms with Gasteiger partial charge in [-0.05, 0) is 64.9 Å². The van der Waals surface area contributed by atoms with E-state index < -0.39 is 0 Å². The summed E-state index contributed by atoms with van der Waals surface area (Å²) < 4.78 is 0. The van der Waals surface area contributed by atoms with E-state index in [2.05, 4.69) is 72.4 Å². The fourth-order valence-electron chi connectivity index (χ4n) is 3.56. The smallest absolute Gasteiger partial charge is 0.191 e. The number of guanidine groups is 1. The van der Waals surface area contributed by atoms with Crippen LogP contribution in [0.2, 0.25) is 0 Å². The number of aryl methyl sites for hydroxylation is 1. The molecule has 0 amide bonds. The summed E-state index contributed by atoms with van der Waals surface area (Å²) >= 11 is 0. The molecule has 5 nitrogen and oxygen atoms in total. The van der Waals surface area contributed by atoms with Crippen molar-refractivity contribution in [2.45, 2.75) is 53.0 Å². The first-order valence-electron chi connectivity index (χ1n) is 10.7. The van der Waals surface area contributed by atoms with Crippen LogP contribution in [0.25, 0.3) is 0 Å². The van der Waals surface area contributed by atoms with Crippen LogP contribution >= 0.6 is 24.0 Å². The Morgan fingerprint density at radius 3 is 2.50 bits per heavy atom. The molecule has 1 saturated heterocycles. The number of anilines is 1. The molecule has 0 spiro atoms. The summed E-state index contributed by atoms with van der Waals surface area (Å²) in [7, 11) is 0. The first-order valence-corrected chi connectivity index (χ1v) is 10.7. The van der Waals surface area contributed by atoms with Gasteiger partial charge < -0.3 is 20.4 Å². The van der Waals surface area contributed by atoms with Crippen molar-refractivity contribution in [2.75, 3.05) is 50.7 Å². The van der Waals surface area contributed by atoms with E-state index in [1.807, 2.05) is 0 Å². The molecule has 0 aromatic heterocycles. The molecule has 1 aliphatic rings. The van der Waals surface area contributed by atoms with Crippen LogP contribution in [0.3, 0.4) is 0 Å². The fraction of sp³-hybridized carbons (Fsp3) is 0.682. The van der Waals surface area contributed by atoms with Crippen molar-refractivity contribution in [1.29, 1.82) is 0 Å². The summed E-state index contributed by atoms with van der Waals surface area (Å²) in [6.07, 6.45) is 3.52. The van der Waals surface area contributed by atoms with E-state index >= 15 is 0 Å². The molecule has 1 fully saturated rings. The summed E-state index contributed by atoms with van der Waals surface area (Å²) in [6, 6.07) is 9.30. The van der Waals surface area contributed by atoms with Gasteiger partial charge in [0.05, 0.1) is 0 Å². The minimum Gasteiger partial charge on any atom is -0.369 e. The van der Waals surface area contributed by atoms with Crippen LogP contribution in [0.1, 0.15) is 45.6 Å². The van der Waals surface area contributed by atoms with Gasteiger partial charge in [0.15, 0.2) is 5.96 Å². The standard InChI is InChI=1S/C22H39N5.HI/c1-5-23-22(24-15-8-9-16-26(6-2)7-3)25-20-14-17-27(18-20)21-12-10-19(4)11-13-21;/h10-13,20H,5-9,14-18H2,1-4H3,(H2,23,24,25);1H. The Morgan fingerprint density at radius 2 is 1.86 bits per heavy atom. The van der Waals surface area contributed by atoms with Crippen LogP contribution in [0.15, 0.2) is 29.3 Å². The van der Waals surface area contributed by atoms with E-state index in [-0.39, 0.29) is 24.0 Å². The molecule has 28 heavy (non-hydrogen) atoms. The van der Waals surface area contributed by atoms with Gasteiger partial charge in [-0.25, -0.2) is 0 Å². The molecule has 1 aliphatic heterocycles. The zero-order valence-corrected chi connectivity index (χ0v) is 20.5. The molecule has 0 aliphatic carbocycles. The highest BCUT2D eigenvalue weighted by atomic mass is 127. The Kier molecular flexibility index (Phi) is 12.5. The van der Waals surface area contributed by atoms with E-state index in [1.54, 1.807) is 0 Å². The van der Waals surface area contributed by atoms with Crippen LogP contribution in [0.5, 0.6) is 0 Å². The maximum absolute atomic E-state index is 4.79. The molecule has 160 valence electrons. The van der Waals surface area contributed by atoms with Gasteiger partial charge in [0.25, 0.3) is 0 Å². The number of unbranched alkanes of at least 4 members (excludes halogenated alkanes) is 1. The summed E-state index contributed by atoms with van der Waals surface area (Å²) in [5.41, 5.74) is 2.64. The van der Waals surface area contributed by atoms with Gasteiger partial charge in [0, 0.05) is 37.9 Å². The second kappa shape index (κ2) is 14.0. The van der Waals surface area contributed by atoms with E-state index in [0.29, 0.717) is 6.04 Å². The van der Waals surface area contributed by atoms with E-state index in [4.69, 9.17) is 4.99 Å². The molecule has 1 aromatic carbocycles. The third-order valence-electron chi connectivity index (χ3n) is 5.32. The number of nitrogens with one attached hydrogen (secondary N) is 2. The van der Waals surface area contributed by atoms with Crippen LogP contribution in [-0.4, -0.2) is 62.7 Å². The molecule has 1 aromatic rings. The summed E-state index contributed by atoms with van der Waals surface area (Å²) in [4.78, 5) is 9.73. The van der Waals surface area contributed by atoms with Crippen molar-refractivity contribution in [3.05, 3.63) is 29.8 Å². The second-order valence-corrected chi connectivity index (χ2v) is 7.41. The van der Waals surface area contributed by atoms with Gasteiger partial charge >= 0.3 is 0 Å². The fourth-order valence-corrected chi connectivity index (χ4v) is 3.56. The predicted molar refractivity (Wildman–Crippen MR) is 133 cm³/mol. The number of nitrogens with zero attached hydrogens (tertiary/aromatic N) is 3. The lowest BCUT2D eigenvalue weighted by Gasteiger charge is -2.20. The third-order valence-corrected chi connectivity index (χ3v) is 5.32. The Labute approximate surface area is 189 Å². The first-order chi connectivity index (χ1) is 13.2. The topological polar surface area (TPSA) is 42.9 Å². The van der Waals surface area contributed by atoms with E-state index in [9.17, 15) is 0 Å². The van der Waals surface area contributed by atoms with Gasteiger partial charge in [-0.15, -0.1) is 24.0 Å². The molecule has 0 saturated carbocycles. The predicted octanol–water partition coefficient (Wildman–Crippen LogP) is 3.87. The second-order valence-electron chi connectivity index (χ2n) is 7.41. The monoisotopic (exact) mass is 501 g/mol. The SMILES string of the molecule is CCNC(=NCCCCN(CC)CC)NC1CCN(c2ccc(C)cc2)C1.I. The van der Waals surface area contributed by atoms with Crippen molar-refractivity contribution < 1.29 is 0 Å².